The first-order valence-corrected chi connectivity index (χ1v) is 11.3. The Hall–Kier alpha value is -3.75. The zero-order valence-electron chi connectivity index (χ0n) is 20.2. The van der Waals surface area contributed by atoms with Crippen LogP contribution in [0.2, 0.25) is 0 Å². The van der Waals surface area contributed by atoms with E-state index in [9.17, 15) is 9.59 Å². The fourth-order valence-corrected chi connectivity index (χ4v) is 4.34. The minimum absolute atomic E-state index is 0.0976. The summed E-state index contributed by atoms with van der Waals surface area (Å²) in [5.41, 5.74) is 4.45. The summed E-state index contributed by atoms with van der Waals surface area (Å²) in [5.74, 6) is 1.34. The quantitative estimate of drug-likeness (QED) is 0.708. The van der Waals surface area contributed by atoms with E-state index >= 15 is 0 Å². The lowest BCUT2D eigenvalue weighted by Crippen LogP contribution is -2.56. The van der Waals surface area contributed by atoms with Gasteiger partial charge >= 0.3 is 6.03 Å². The predicted octanol–water partition coefficient (Wildman–Crippen LogP) is 2.68. The number of nitrogens with zero attached hydrogens (tertiary/aromatic N) is 3. The first-order chi connectivity index (χ1) is 16.3. The van der Waals surface area contributed by atoms with Crippen molar-refractivity contribution in [1.82, 2.24) is 15.2 Å². The number of likely N-dealkylation sites (tertiary alicyclic amines) is 1. The standard InChI is InChI=1S/C25H31N5O4/c1-15-10-18-11-22(33-4)23(34-5)12-21(18)24(28-30(15)25(32)26-3)17-6-8-19(9-7-17)27-20-13-29(14-20)16(2)31/h6-9,11-12,15,20,27H,10,13-14H2,1-5H3,(H,26,32). The van der Waals surface area contributed by atoms with E-state index in [0.717, 1.165) is 22.4 Å². The fraction of sp³-hybridized carbons (Fsp3) is 0.400. The lowest BCUT2D eigenvalue weighted by molar-refractivity contribution is -0.132. The second-order valence-electron chi connectivity index (χ2n) is 8.61. The molecule has 0 aliphatic carbocycles. The van der Waals surface area contributed by atoms with Crippen molar-refractivity contribution >= 4 is 23.3 Å². The van der Waals surface area contributed by atoms with Gasteiger partial charge in [0.25, 0.3) is 0 Å². The van der Waals surface area contributed by atoms with Crippen LogP contribution in [0.25, 0.3) is 0 Å². The second-order valence-corrected chi connectivity index (χ2v) is 8.61. The number of amides is 3. The van der Waals surface area contributed by atoms with Crippen LogP contribution in [-0.2, 0) is 11.2 Å². The number of nitrogens with one attached hydrogen (secondary N) is 2. The molecule has 2 N–H and O–H groups in total. The van der Waals surface area contributed by atoms with Crippen molar-refractivity contribution in [1.29, 1.82) is 0 Å². The maximum atomic E-state index is 12.6. The van der Waals surface area contributed by atoms with Gasteiger partial charge in [-0.2, -0.15) is 5.10 Å². The number of hydrazone groups is 1. The molecule has 0 spiro atoms. The molecule has 1 unspecified atom stereocenters. The van der Waals surface area contributed by atoms with Crippen LogP contribution in [0.1, 0.15) is 30.5 Å². The van der Waals surface area contributed by atoms with Crippen LogP contribution >= 0.6 is 0 Å². The van der Waals surface area contributed by atoms with Gasteiger partial charge in [0.2, 0.25) is 5.91 Å². The highest BCUT2D eigenvalue weighted by atomic mass is 16.5. The minimum atomic E-state index is -0.268. The van der Waals surface area contributed by atoms with E-state index in [1.165, 1.54) is 5.01 Å². The summed E-state index contributed by atoms with van der Waals surface area (Å²) in [6.07, 6.45) is 0.615. The van der Waals surface area contributed by atoms with Gasteiger partial charge in [-0.05, 0) is 43.2 Å². The van der Waals surface area contributed by atoms with E-state index in [-0.39, 0.29) is 24.0 Å². The fourth-order valence-electron chi connectivity index (χ4n) is 4.34. The van der Waals surface area contributed by atoms with Crippen molar-refractivity contribution < 1.29 is 19.1 Å². The maximum Gasteiger partial charge on any atom is 0.337 e. The molecule has 2 heterocycles. The summed E-state index contributed by atoms with van der Waals surface area (Å²) in [6.45, 7) is 4.97. The average Bonchev–Trinajstić information content (AvgIpc) is 2.95. The van der Waals surface area contributed by atoms with Crippen molar-refractivity contribution in [2.75, 3.05) is 39.7 Å². The van der Waals surface area contributed by atoms with E-state index in [1.54, 1.807) is 33.1 Å². The summed E-state index contributed by atoms with van der Waals surface area (Å²) < 4.78 is 11.1. The van der Waals surface area contributed by atoms with Crippen LogP contribution in [0.3, 0.4) is 0 Å². The van der Waals surface area contributed by atoms with Crippen molar-refractivity contribution in [2.24, 2.45) is 5.10 Å². The minimum Gasteiger partial charge on any atom is -0.493 e. The van der Waals surface area contributed by atoms with Gasteiger partial charge in [-0.3, -0.25) is 4.79 Å². The molecule has 2 aliphatic heterocycles. The van der Waals surface area contributed by atoms with Crippen LogP contribution in [0.15, 0.2) is 41.5 Å². The number of rotatable bonds is 5. The van der Waals surface area contributed by atoms with E-state index < -0.39 is 0 Å². The molecule has 1 atom stereocenters. The summed E-state index contributed by atoms with van der Waals surface area (Å²) in [5, 5.41) is 12.4. The highest BCUT2D eigenvalue weighted by Gasteiger charge is 2.30. The smallest absolute Gasteiger partial charge is 0.337 e. The third-order valence-electron chi connectivity index (χ3n) is 6.28. The topological polar surface area (TPSA) is 95.5 Å². The highest BCUT2D eigenvalue weighted by Crippen LogP contribution is 2.34. The molecule has 2 aliphatic rings. The van der Waals surface area contributed by atoms with Gasteiger partial charge in [0.15, 0.2) is 11.5 Å². The molecule has 0 aromatic heterocycles. The first-order valence-electron chi connectivity index (χ1n) is 11.3. The normalized spacial score (nSPS) is 17.7. The number of ether oxygens (including phenoxy) is 2. The number of methoxy groups -OCH3 is 2. The molecule has 0 bridgehead atoms. The summed E-state index contributed by atoms with van der Waals surface area (Å²) in [4.78, 5) is 25.8. The van der Waals surface area contributed by atoms with Gasteiger partial charge in [0, 0.05) is 43.9 Å². The number of hydrogen-bond acceptors (Lipinski definition) is 6. The van der Waals surface area contributed by atoms with Crippen molar-refractivity contribution in [3.8, 4) is 11.5 Å². The maximum absolute atomic E-state index is 12.6. The molecule has 180 valence electrons. The molecule has 9 nitrogen and oxygen atoms in total. The number of anilines is 1. The molecule has 2 aromatic carbocycles. The summed E-state index contributed by atoms with van der Waals surface area (Å²) in [6, 6.07) is 11.7. The Kier molecular flexibility index (Phi) is 6.63. The molecule has 9 heteroatoms. The Bertz CT molecular complexity index is 1110. The monoisotopic (exact) mass is 465 g/mol. The molecule has 2 aromatic rings. The summed E-state index contributed by atoms with van der Waals surface area (Å²) in [7, 11) is 4.81. The van der Waals surface area contributed by atoms with Gasteiger partial charge < -0.3 is 25.0 Å². The van der Waals surface area contributed by atoms with Crippen LogP contribution in [0.5, 0.6) is 11.5 Å². The Labute approximate surface area is 199 Å². The first kappa shape index (κ1) is 23.4. The molecule has 1 saturated heterocycles. The SMILES string of the molecule is CNC(=O)N1N=C(c2ccc(NC3CN(C(C)=O)C3)cc2)c2cc(OC)c(OC)cc2CC1C. The average molecular weight is 466 g/mol. The molecule has 1 fully saturated rings. The van der Waals surface area contributed by atoms with Crippen molar-refractivity contribution in [3.05, 3.63) is 53.1 Å². The number of carbonyl (C=O) groups excluding carboxylic acids is 2. The Morgan fingerprint density at radius 2 is 1.71 bits per heavy atom. The number of benzene rings is 2. The van der Waals surface area contributed by atoms with Crippen LogP contribution < -0.4 is 20.1 Å². The van der Waals surface area contributed by atoms with E-state index in [0.29, 0.717) is 36.7 Å². The van der Waals surface area contributed by atoms with Gasteiger partial charge in [0.1, 0.15) is 0 Å². The third-order valence-corrected chi connectivity index (χ3v) is 6.28. The molecule has 4 rings (SSSR count). The number of hydrogen-bond donors (Lipinski definition) is 2. The Balaban J connectivity index is 1.69. The molecule has 3 amide bonds. The number of fused-ring (bicyclic) bond motifs is 1. The Morgan fingerprint density at radius 3 is 2.29 bits per heavy atom. The van der Waals surface area contributed by atoms with Crippen LogP contribution in [0, 0.1) is 0 Å². The van der Waals surface area contributed by atoms with Gasteiger partial charge in [-0.25, -0.2) is 9.80 Å². The van der Waals surface area contributed by atoms with E-state index in [4.69, 9.17) is 14.6 Å². The highest BCUT2D eigenvalue weighted by molar-refractivity contribution is 6.14. The molecule has 34 heavy (non-hydrogen) atoms. The zero-order chi connectivity index (χ0) is 24.4. The van der Waals surface area contributed by atoms with Crippen LogP contribution in [0.4, 0.5) is 10.5 Å². The lowest BCUT2D eigenvalue weighted by atomic mass is 9.94. The van der Waals surface area contributed by atoms with E-state index in [1.807, 2.05) is 43.3 Å². The molecular weight excluding hydrogens is 434 g/mol. The largest absolute Gasteiger partial charge is 0.493 e. The van der Waals surface area contributed by atoms with Crippen molar-refractivity contribution in [2.45, 2.75) is 32.4 Å². The van der Waals surface area contributed by atoms with Gasteiger partial charge in [0.05, 0.1) is 32.0 Å². The molecule has 0 saturated carbocycles. The zero-order valence-corrected chi connectivity index (χ0v) is 20.2. The van der Waals surface area contributed by atoms with E-state index in [2.05, 4.69) is 10.6 Å². The molecule has 0 radical (unpaired) electrons. The van der Waals surface area contributed by atoms with Gasteiger partial charge in [-0.15, -0.1) is 0 Å². The number of carbonyl (C=O) groups is 2. The molecular formula is C25H31N5O4. The van der Waals surface area contributed by atoms with Crippen molar-refractivity contribution in [3.63, 3.8) is 0 Å². The third kappa shape index (κ3) is 4.50. The lowest BCUT2D eigenvalue weighted by Gasteiger charge is -2.39. The van der Waals surface area contributed by atoms with Crippen LogP contribution in [-0.4, -0.2) is 74.0 Å². The van der Waals surface area contributed by atoms with Gasteiger partial charge in [-0.1, -0.05) is 12.1 Å². The summed E-state index contributed by atoms with van der Waals surface area (Å²) >= 11 is 0. The second kappa shape index (κ2) is 9.62. The number of urea groups is 1. The Morgan fingerprint density at radius 1 is 1.06 bits per heavy atom. The predicted molar refractivity (Wildman–Crippen MR) is 131 cm³/mol.